The third-order valence-corrected chi connectivity index (χ3v) is 3.82. The predicted octanol–water partition coefficient (Wildman–Crippen LogP) is 3.81. The van der Waals surface area contributed by atoms with E-state index in [4.69, 9.17) is 4.42 Å². The van der Waals surface area contributed by atoms with Gasteiger partial charge in [-0.15, -0.1) is 5.10 Å². The number of rotatable bonds is 4. The maximum Gasteiger partial charge on any atom is 0.322 e. The third-order valence-electron chi connectivity index (χ3n) is 3.82. The van der Waals surface area contributed by atoms with Crippen molar-refractivity contribution in [2.45, 2.75) is 20.8 Å². The standard InChI is InChI=1S/C19H17N3O3/c1-11-4-5-12(2)16(10-11)18-21-22-19(25-18)20-17(24)15-8-6-14(7-9-15)13(3)23/h4-10H,1-3H3,(H,20,22,24). The van der Waals surface area contributed by atoms with Crippen molar-refractivity contribution in [1.29, 1.82) is 0 Å². The Morgan fingerprint density at radius 2 is 1.64 bits per heavy atom. The average Bonchev–Trinajstić information content (AvgIpc) is 3.05. The van der Waals surface area contributed by atoms with Gasteiger partial charge in [-0.1, -0.05) is 34.9 Å². The highest BCUT2D eigenvalue weighted by atomic mass is 16.4. The summed E-state index contributed by atoms with van der Waals surface area (Å²) in [6.07, 6.45) is 0. The molecule has 1 amide bonds. The van der Waals surface area contributed by atoms with Gasteiger partial charge in [-0.3, -0.25) is 14.9 Å². The lowest BCUT2D eigenvalue weighted by Crippen LogP contribution is -2.12. The van der Waals surface area contributed by atoms with E-state index in [1.54, 1.807) is 24.3 Å². The highest BCUT2D eigenvalue weighted by molar-refractivity contribution is 6.04. The maximum absolute atomic E-state index is 12.2. The number of Topliss-reactive ketones (excluding diaryl/α,β-unsaturated/α-hetero) is 1. The van der Waals surface area contributed by atoms with Gasteiger partial charge in [0.25, 0.3) is 5.91 Å². The first-order valence-corrected chi connectivity index (χ1v) is 7.77. The minimum Gasteiger partial charge on any atom is -0.403 e. The molecule has 6 heteroatoms. The molecule has 126 valence electrons. The van der Waals surface area contributed by atoms with Gasteiger partial charge in [0.1, 0.15) is 0 Å². The molecule has 0 fully saturated rings. The first kappa shape index (κ1) is 16.6. The summed E-state index contributed by atoms with van der Waals surface area (Å²) < 4.78 is 5.55. The lowest BCUT2D eigenvalue weighted by atomic mass is 10.1. The number of hydrogen-bond donors (Lipinski definition) is 1. The summed E-state index contributed by atoms with van der Waals surface area (Å²) in [6.45, 7) is 5.41. The Labute approximate surface area is 144 Å². The Morgan fingerprint density at radius 3 is 2.32 bits per heavy atom. The van der Waals surface area contributed by atoms with E-state index in [-0.39, 0.29) is 17.7 Å². The van der Waals surface area contributed by atoms with Crippen LogP contribution < -0.4 is 5.32 Å². The van der Waals surface area contributed by atoms with E-state index >= 15 is 0 Å². The Kier molecular flexibility index (Phi) is 4.43. The van der Waals surface area contributed by atoms with Gasteiger partial charge >= 0.3 is 6.01 Å². The minimum atomic E-state index is -0.383. The number of aromatic nitrogens is 2. The highest BCUT2D eigenvalue weighted by Crippen LogP contribution is 2.24. The molecular formula is C19H17N3O3. The van der Waals surface area contributed by atoms with Crippen molar-refractivity contribution in [3.05, 3.63) is 64.7 Å². The lowest BCUT2D eigenvalue weighted by molar-refractivity contribution is 0.100. The molecule has 0 unspecified atom stereocenters. The van der Waals surface area contributed by atoms with Gasteiger partial charge in [0.2, 0.25) is 5.89 Å². The van der Waals surface area contributed by atoms with E-state index < -0.39 is 0 Å². The van der Waals surface area contributed by atoms with Crippen LogP contribution in [0.25, 0.3) is 11.5 Å². The predicted molar refractivity (Wildman–Crippen MR) is 93.6 cm³/mol. The van der Waals surface area contributed by atoms with Crippen LogP contribution in [0.3, 0.4) is 0 Å². The second-order valence-corrected chi connectivity index (χ2v) is 5.82. The molecule has 0 saturated heterocycles. The molecule has 0 spiro atoms. The van der Waals surface area contributed by atoms with Crippen LogP contribution in [-0.2, 0) is 0 Å². The van der Waals surface area contributed by atoms with E-state index in [0.717, 1.165) is 16.7 Å². The third kappa shape index (κ3) is 3.63. The molecule has 3 rings (SSSR count). The van der Waals surface area contributed by atoms with Crippen LogP contribution in [0.2, 0.25) is 0 Å². The summed E-state index contributed by atoms with van der Waals surface area (Å²) in [5.74, 6) is -0.0864. The van der Waals surface area contributed by atoms with Gasteiger partial charge < -0.3 is 4.42 Å². The number of hydrogen-bond acceptors (Lipinski definition) is 5. The van der Waals surface area contributed by atoms with Crippen LogP contribution in [-0.4, -0.2) is 21.9 Å². The van der Waals surface area contributed by atoms with Crippen LogP contribution in [0.15, 0.2) is 46.9 Å². The number of anilines is 1. The second kappa shape index (κ2) is 6.68. The molecular weight excluding hydrogens is 318 g/mol. The first-order valence-electron chi connectivity index (χ1n) is 7.77. The molecule has 25 heavy (non-hydrogen) atoms. The van der Waals surface area contributed by atoms with Crippen molar-refractivity contribution >= 4 is 17.7 Å². The first-order chi connectivity index (χ1) is 11.9. The van der Waals surface area contributed by atoms with Crippen LogP contribution in [0.4, 0.5) is 6.01 Å². The molecule has 1 N–H and O–H groups in total. The van der Waals surface area contributed by atoms with Crippen LogP contribution in [0, 0.1) is 13.8 Å². The van der Waals surface area contributed by atoms with Crippen molar-refractivity contribution in [1.82, 2.24) is 10.2 Å². The molecule has 0 atom stereocenters. The fraction of sp³-hybridized carbons (Fsp3) is 0.158. The van der Waals surface area contributed by atoms with Crippen molar-refractivity contribution in [3.8, 4) is 11.5 Å². The zero-order valence-corrected chi connectivity index (χ0v) is 14.2. The number of benzene rings is 2. The monoisotopic (exact) mass is 335 g/mol. The molecule has 0 aliphatic rings. The van der Waals surface area contributed by atoms with Gasteiger partial charge in [-0.05, 0) is 44.5 Å². The number of amides is 1. The molecule has 1 heterocycles. The van der Waals surface area contributed by atoms with E-state index in [2.05, 4.69) is 15.5 Å². The SMILES string of the molecule is CC(=O)c1ccc(C(=O)Nc2nnc(-c3cc(C)ccc3C)o2)cc1. The summed E-state index contributed by atoms with van der Waals surface area (Å²) >= 11 is 0. The van der Waals surface area contributed by atoms with E-state index in [9.17, 15) is 9.59 Å². The number of carbonyl (C=O) groups excluding carboxylic acids is 2. The van der Waals surface area contributed by atoms with Gasteiger partial charge in [-0.25, -0.2) is 0 Å². The summed E-state index contributed by atoms with van der Waals surface area (Å²) in [5.41, 5.74) is 3.86. The lowest BCUT2D eigenvalue weighted by Gasteiger charge is -2.03. The molecule has 0 aliphatic carbocycles. The quantitative estimate of drug-likeness (QED) is 0.733. The summed E-state index contributed by atoms with van der Waals surface area (Å²) in [4.78, 5) is 23.5. The normalized spacial score (nSPS) is 10.5. The maximum atomic E-state index is 12.2. The van der Waals surface area contributed by atoms with E-state index in [1.807, 2.05) is 32.0 Å². The Morgan fingerprint density at radius 1 is 0.960 bits per heavy atom. The minimum absolute atomic E-state index is 0.0246. The average molecular weight is 335 g/mol. The molecule has 1 aromatic heterocycles. The topological polar surface area (TPSA) is 85.1 Å². The summed E-state index contributed by atoms with van der Waals surface area (Å²) in [7, 11) is 0. The summed E-state index contributed by atoms with van der Waals surface area (Å²) in [6, 6.07) is 12.3. The fourth-order valence-corrected chi connectivity index (χ4v) is 2.37. The van der Waals surface area contributed by atoms with Gasteiger partial charge in [-0.2, -0.15) is 0 Å². The molecule has 2 aromatic carbocycles. The van der Waals surface area contributed by atoms with Crippen LogP contribution in [0.5, 0.6) is 0 Å². The molecule has 6 nitrogen and oxygen atoms in total. The molecule has 0 aliphatic heterocycles. The Hall–Kier alpha value is -3.28. The number of aryl methyl sites for hydroxylation is 2. The number of nitrogens with one attached hydrogen (secondary N) is 1. The summed E-state index contributed by atoms with van der Waals surface area (Å²) in [5, 5.41) is 10.4. The van der Waals surface area contributed by atoms with Crippen molar-refractivity contribution in [2.75, 3.05) is 5.32 Å². The Balaban J connectivity index is 1.78. The van der Waals surface area contributed by atoms with E-state index in [1.165, 1.54) is 6.92 Å². The molecule has 3 aromatic rings. The number of nitrogens with zero attached hydrogens (tertiary/aromatic N) is 2. The number of ketones is 1. The fourth-order valence-electron chi connectivity index (χ4n) is 2.37. The van der Waals surface area contributed by atoms with Crippen molar-refractivity contribution < 1.29 is 14.0 Å². The van der Waals surface area contributed by atoms with Crippen LogP contribution >= 0.6 is 0 Å². The number of carbonyl (C=O) groups is 2. The van der Waals surface area contributed by atoms with Crippen molar-refractivity contribution in [2.24, 2.45) is 0 Å². The van der Waals surface area contributed by atoms with E-state index in [0.29, 0.717) is 17.0 Å². The smallest absolute Gasteiger partial charge is 0.322 e. The van der Waals surface area contributed by atoms with Crippen LogP contribution in [0.1, 0.15) is 38.8 Å². The molecule has 0 saturated carbocycles. The van der Waals surface area contributed by atoms with Gasteiger partial charge in [0.05, 0.1) is 0 Å². The van der Waals surface area contributed by atoms with Gasteiger partial charge in [0, 0.05) is 16.7 Å². The zero-order valence-electron chi connectivity index (χ0n) is 14.2. The second-order valence-electron chi connectivity index (χ2n) is 5.82. The van der Waals surface area contributed by atoms with Gasteiger partial charge in [0.15, 0.2) is 5.78 Å². The largest absolute Gasteiger partial charge is 0.403 e. The zero-order chi connectivity index (χ0) is 18.0. The highest BCUT2D eigenvalue weighted by Gasteiger charge is 2.14. The van der Waals surface area contributed by atoms with Crippen molar-refractivity contribution in [3.63, 3.8) is 0 Å². The Bertz CT molecular complexity index is 943. The molecule has 0 radical (unpaired) electrons. The molecule has 0 bridgehead atoms.